The van der Waals surface area contributed by atoms with Crippen molar-refractivity contribution < 1.29 is 13.9 Å². The molecule has 1 atom stereocenters. The Morgan fingerprint density at radius 3 is 2.74 bits per heavy atom. The monoisotopic (exact) mass is 265 g/mol. The van der Waals surface area contributed by atoms with Gasteiger partial charge in [0.25, 0.3) is 0 Å². The first-order chi connectivity index (χ1) is 9.16. The molecule has 0 aliphatic heterocycles. The molecule has 0 spiro atoms. The molecule has 0 radical (unpaired) electrons. The van der Waals surface area contributed by atoms with Crippen molar-refractivity contribution in [3.05, 3.63) is 35.6 Å². The fraction of sp³-hybridized carbons (Fsp3) is 0.533. The number of primary amides is 1. The molecule has 2 rings (SSSR count). The van der Waals surface area contributed by atoms with Crippen LogP contribution >= 0.6 is 0 Å². The van der Waals surface area contributed by atoms with E-state index in [1.165, 1.54) is 18.6 Å². The van der Waals surface area contributed by atoms with Gasteiger partial charge in [-0.1, -0.05) is 31.4 Å². The fourth-order valence-corrected chi connectivity index (χ4v) is 2.70. The molecule has 1 aliphatic carbocycles. The van der Waals surface area contributed by atoms with Crippen LogP contribution in [0, 0.1) is 11.7 Å². The summed E-state index contributed by atoms with van der Waals surface area (Å²) >= 11 is 0. The number of rotatable bonds is 5. The lowest BCUT2D eigenvalue weighted by atomic mass is 9.85. The minimum atomic E-state index is -0.552. The van der Waals surface area contributed by atoms with Crippen molar-refractivity contribution in [2.75, 3.05) is 0 Å². The van der Waals surface area contributed by atoms with Crippen molar-refractivity contribution in [2.24, 2.45) is 11.7 Å². The van der Waals surface area contributed by atoms with E-state index >= 15 is 0 Å². The van der Waals surface area contributed by atoms with Crippen molar-refractivity contribution >= 4 is 5.91 Å². The minimum absolute atomic E-state index is 0.208. The zero-order valence-electron chi connectivity index (χ0n) is 11.0. The molecule has 1 amide bonds. The van der Waals surface area contributed by atoms with E-state index in [0.29, 0.717) is 0 Å². The van der Waals surface area contributed by atoms with Gasteiger partial charge in [0.2, 0.25) is 5.91 Å². The Bertz CT molecular complexity index is 430. The van der Waals surface area contributed by atoms with E-state index in [4.69, 9.17) is 10.5 Å². The van der Waals surface area contributed by atoms with Crippen molar-refractivity contribution in [3.63, 3.8) is 0 Å². The number of amides is 1. The third-order valence-electron chi connectivity index (χ3n) is 3.68. The molecule has 1 aliphatic rings. The van der Waals surface area contributed by atoms with Crippen LogP contribution in [0.3, 0.4) is 0 Å². The molecule has 1 unspecified atom stereocenters. The third-order valence-corrected chi connectivity index (χ3v) is 3.68. The smallest absolute Gasteiger partial charge is 0.246 e. The van der Waals surface area contributed by atoms with E-state index in [1.54, 1.807) is 12.1 Å². The maximum Gasteiger partial charge on any atom is 0.246 e. The van der Waals surface area contributed by atoms with Gasteiger partial charge in [-0.15, -0.1) is 0 Å². The molecule has 1 saturated carbocycles. The quantitative estimate of drug-likeness (QED) is 0.890. The molecule has 1 aromatic rings. The van der Waals surface area contributed by atoms with Gasteiger partial charge in [0.15, 0.2) is 0 Å². The predicted octanol–water partition coefficient (Wildman–Crippen LogP) is 2.78. The maximum absolute atomic E-state index is 13.1. The van der Waals surface area contributed by atoms with Crippen LogP contribution in [0.15, 0.2) is 24.3 Å². The minimum Gasteiger partial charge on any atom is -0.367 e. The second-order valence-corrected chi connectivity index (χ2v) is 5.16. The van der Waals surface area contributed by atoms with Crippen LogP contribution < -0.4 is 5.73 Å². The van der Waals surface area contributed by atoms with Crippen LogP contribution in [0.25, 0.3) is 0 Å². The molecular formula is C15H20FNO2. The summed E-state index contributed by atoms with van der Waals surface area (Å²) in [4.78, 5) is 11.5. The zero-order valence-corrected chi connectivity index (χ0v) is 11.0. The number of halogens is 1. The third kappa shape index (κ3) is 4.03. The van der Waals surface area contributed by atoms with Gasteiger partial charge in [0.05, 0.1) is 6.61 Å². The molecule has 0 heterocycles. The number of ether oxygens (including phenoxy) is 1. The van der Waals surface area contributed by atoms with Crippen LogP contribution in [0.2, 0.25) is 0 Å². The second kappa shape index (κ2) is 6.66. The maximum atomic E-state index is 13.1. The van der Waals surface area contributed by atoms with E-state index < -0.39 is 12.0 Å². The van der Waals surface area contributed by atoms with E-state index in [-0.39, 0.29) is 18.3 Å². The fourth-order valence-electron chi connectivity index (χ4n) is 2.70. The summed E-state index contributed by atoms with van der Waals surface area (Å²) in [6, 6.07) is 6.21. The molecule has 0 bridgehead atoms. The van der Waals surface area contributed by atoms with E-state index in [2.05, 4.69) is 0 Å². The summed E-state index contributed by atoms with van der Waals surface area (Å²) < 4.78 is 18.7. The molecule has 1 fully saturated rings. The topological polar surface area (TPSA) is 52.3 Å². The number of hydrogen-bond acceptors (Lipinski definition) is 2. The van der Waals surface area contributed by atoms with Gasteiger partial charge in [0.1, 0.15) is 11.9 Å². The molecule has 3 nitrogen and oxygen atoms in total. The van der Waals surface area contributed by atoms with Crippen LogP contribution in [0.4, 0.5) is 4.39 Å². The highest BCUT2D eigenvalue weighted by Crippen LogP contribution is 2.28. The lowest BCUT2D eigenvalue weighted by Gasteiger charge is -2.28. The summed E-state index contributed by atoms with van der Waals surface area (Å²) in [6.07, 6.45) is 4.87. The van der Waals surface area contributed by atoms with Gasteiger partial charge in [-0.2, -0.15) is 0 Å². The average Bonchev–Trinajstić information content (AvgIpc) is 2.40. The summed E-state index contributed by atoms with van der Waals surface area (Å²) in [6.45, 7) is 0.224. The van der Waals surface area contributed by atoms with Crippen molar-refractivity contribution in [2.45, 2.75) is 44.8 Å². The van der Waals surface area contributed by atoms with Crippen molar-refractivity contribution in [1.82, 2.24) is 0 Å². The molecular weight excluding hydrogens is 245 g/mol. The van der Waals surface area contributed by atoms with Crippen molar-refractivity contribution in [1.29, 1.82) is 0 Å². The molecule has 0 saturated heterocycles. The Hall–Kier alpha value is -1.42. The number of benzene rings is 1. The molecule has 104 valence electrons. The first-order valence-corrected chi connectivity index (χ1v) is 6.82. The molecule has 19 heavy (non-hydrogen) atoms. The first-order valence-electron chi connectivity index (χ1n) is 6.82. The number of carbonyl (C=O) groups is 1. The van der Waals surface area contributed by atoms with Gasteiger partial charge in [-0.05, 0) is 36.5 Å². The Morgan fingerprint density at radius 2 is 2.11 bits per heavy atom. The van der Waals surface area contributed by atoms with Crippen molar-refractivity contribution in [3.8, 4) is 0 Å². The Morgan fingerprint density at radius 1 is 1.37 bits per heavy atom. The standard InChI is InChI=1S/C15H20FNO2/c16-13-8-4-5-11(9-13)10-19-14(15(17)18)12-6-2-1-3-7-12/h4-5,8-9,12,14H,1-3,6-7,10H2,(H2,17,18). The van der Waals surface area contributed by atoms with Gasteiger partial charge >= 0.3 is 0 Å². The first kappa shape index (κ1) is 14.0. The summed E-state index contributed by atoms with van der Waals surface area (Å²) in [5.74, 6) is -0.502. The summed E-state index contributed by atoms with van der Waals surface area (Å²) in [5, 5.41) is 0. The highest BCUT2D eigenvalue weighted by atomic mass is 19.1. The number of carbonyl (C=O) groups excluding carboxylic acids is 1. The van der Waals surface area contributed by atoms with Gasteiger partial charge in [-0.25, -0.2) is 4.39 Å². The lowest BCUT2D eigenvalue weighted by Crippen LogP contribution is -2.38. The summed E-state index contributed by atoms with van der Waals surface area (Å²) in [7, 11) is 0. The normalized spacial score (nSPS) is 18.2. The molecule has 4 heteroatoms. The summed E-state index contributed by atoms with van der Waals surface area (Å²) in [5.41, 5.74) is 6.15. The molecule has 0 aromatic heterocycles. The van der Waals surface area contributed by atoms with Gasteiger partial charge < -0.3 is 10.5 Å². The van der Waals surface area contributed by atoms with Gasteiger partial charge in [0, 0.05) is 0 Å². The average molecular weight is 265 g/mol. The number of nitrogens with two attached hydrogens (primary N) is 1. The number of hydrogen-bond donors (Lipinski definition) is 1. The Labute approximate surface area is 112 Å². The molecule has 1 aromatic carbocycles. The SMILES string of the molecule is NC(=O)C(OCc1cccc(F)c1)C1CCCCC1. The van der Waals surface area contributed by atoms with E-state index in [0.717, 1.165) is 31.2 Å². The van der Waals surface area contributed by atoms with E-state index in [1.807, 2.05) is 0 Å². The predicted molar refractivity (Wildman–Crippen MR) is 70.7 cm³/mol. The Balaban J connectivity index is 1.95. The van der Waals surface area contributed by atoms with Crippen LogP contribution in [-0.2, 0) is 16.1 Å². The van der Waals surface area contributed by atoms with E-state index in [9.17, 15) is 9.18 Å². The largest absolute Gasteiger partial charge is 0.367 e. The van der Waals surface area contributed by atoms with Crippen LogP contribution in [0.1, 0.15) is 37.7 Å². The van der Waals surface area contributed by atoms with Gasteiger partial charge in [-0.3, -0.25) is 4.79 Å². The van der Waals surface area contributed by atoms with Crippen LogP contribution in [0.5, 0.6) is 0 Å². The van der Waals surface area contributed by atoms with Crippen LogP contribution in [-0.4, -0.2) is 12.0 Å². The highest BCUT2D eigenvalue weighted by Gasteiger charge is 2.28. The zero-order chi connectivity index (χ0) is 13.7. The Kier molecular flexibility index (Phi) is 4.91. The molecule has 2 N–H and O–H groups in total. The second-order valence-electron chi connectivity index (χ2n) is 5.16. The lowest BCUT2D eigenvalue weighted by molar-refractivity contribution is -0.135. The highest BCUT2D eigenvalue weighted by molar-refractivity contribution is 5.79.